The van der Waals surface area contributed by atoms with Crippen molar-refractivity contribution in [3.63, 3.8) is 0 Å². The Bertz CT molecular complexity index is 622. The van der Waals surface area contributed by atoms with Crippen LogP contribution in [0.15, 0.2) is 30.5 Å². The van der Waals surface area contributed by atoms with Gasteiger partial charge in [-0.25, -0.2) is 4.39 Å². The minimum Gasteiger partial charge on any atom is -0.388 e. The monoisotopic (exact) mass is 308 g/mol. The van der Waals surface area contributed by atoms with Crippen LogP contribution in [-0.4, -0.2) is 14.9 Å². The molecule has 0 aliphatic heterocycles. The summed E-state index contributed by atoms with van der Waals surface area (Å²) in [7, 11) is 0. The quantitative estimate of drug-likeness (QED) is 0.924. The van der Waals surface area contributed by atoms with Crippen LogP contribution >= 0.6 is 11.6 Å². The molecule has 1 N–H and O–H groups in total. The molecule has 3 rings (SSSR count). The molecule has 1 aliphatic carbocycles. The van der Waals surface area contributed by atoms with Crippen molar-refractivity contribution < 1.29 is 9.50 Å². The highest BCUT2D eigenvalue weighted by atomic mass is 35.5. The topological polar surface area (TPSA) is 38.0 Å². The van der Waals surface area contributed by atoms with E-state index in [2.05, 4.69) is 5.10 Å². The SMILES string of the molecule is OC(Cc1ccn(C2CCCC2)n1)c1cccc(F)c1Cl. The van der Waals surface area contributed by atoms with Gasteiger partial charge < -0.3 is 5.11 Å². The maximum Gasteiger partial charge on any atom is 0.142 e. The van der Waals surface area contributed by atoms with E-state index in [1.54, 1.807) is 12.1 Å². The third-order valence-electron chi connectivity index (χ3n) is 4.11. The molecule has 1 fully saturated rings. The lowest BCUT2D eigenvalue weighted by atomic mass is 10.0. The van der Waals surface area contributed by atoms with Crippen LogP contribution in [-0.2, 0) is 6.42 Å². The van der Waals surface area contributed by atoms with Gasteiger partial charge >= 0.3 is 0 Å². The molecule has 1 atom stereocenters. The molecule has 1 saturated carbocycles. The first kappa shape index (κ1) is 14.5. The number of hydrogen-bond acceptors (Lipinski definition) is 2. The van der Waals surface area contributed by atoms with E-state index in [0.717, 1.165) is 5.69 Å². The van der Waals surface area contributed by atoms with Crippen LogP contribution in [0.2, 0.25) is 5.02 Å². The van der Waals surface area contributed by atoms with Crippen molar-refractivity contribution in [2.24, 2.45) is 0 Å². The lowest BCUT2D eigenvalue weighted by Gasteiger charge is -2.12. The molecule has 1 aromatic carbocycles. The Morgan fingerprint density at radius 2 is 2.10 bits per heavy atom. The maximum absolute atomic E-state index is 13.4. The predicted octanol–water partition coefficient (Wildman–Crippen LogP) is 4.07. The van der Waals surface area contributed by atoms with Gasteiger partial charge in [-0.1, -0.05) is 36.6 Å². The van der Waals surface area contributed by atoms with Crippen LogP contribution in [0.5, 0.6) is 0 Å². The van der Waals surface area contributed by atoms with E-state index in [0.29, 0.717) is 18.0 Å². The van der Waals surface area contributed by atoms with Crippen molar-refractivity contribution in [1.82, 2.24) is 9.78 Å². The lowest BCUT2D eigenvalue weighted by Crippen LogP contribution is -2.08. The summed E-state index contributed by atoms with van der Waals surface area (Å²) in [5.41, 5.74) is 1.21. The van der Waals surface area contributed by atoms with E-state index in [-0.39, 0.29) is 5.02 Å². The molecular formula is C16H18ClFN2O. The molecule has 0 amide bonds. The summed E-state index contributed by atoms with van der Waals surface area (Å²) in [6.07, 6.45) is 6.29. The molecule has 112 valence electrons. The van der Waals surface area contributed by atoms with Gasteiger partial charge in [-0.3, -0.25) is 4.68 Å². The molecule has 0 spiro atoms. The molecule has 1 aromatic heterocycles. The normalized spacial score (nSPS) is 17.3. The number of hydrogen-bond donors (Lipinski definition) is 1. The molecule has 2 aromatic rings. The number of aromatic nitrogens is 2. The smallest absolute Gasteiger partial charge is 0.142 e. The van der Waals surface area contributed by atoms with Gasteiger partial charge in [0.15, 0.2) is 0 Å². The first-order valence-electron chi connectivity index (χ1n) is 7.31. The van der Waals surface area contributed by atoms with Crippen LogP contribution < -0.4 is 0 Å². The molecule has 0 bridgehead atoms. The van der Waals surface area contributed by atoms with Gasteiger partial charge in [-0.2, -0.15) is 5.10 Å². The molecular weight excluding hydrogens is 291 g/mol. The van der Waals surface area contributed by atoms with E-state index in [1.807, 2.05) is 16.9 Å². The lowest BCUT2D eigenvalue weighted by molar-refractivity contribution is 0.176. The van der Waals surface area contributed by atoms with Crippen LogP contribution in [0.25, 0.3) is 0 Å². The highest BCUT2D eigenvalue weighted by molar-refractivity contribution is 6.31. The Morgan fingerprint density at radius 1 is 1.33 bits per heavy atom. The van der Waals surface area contributed by atoms with Gasteiger partial charge in [0.25, 0.3) is 0 Å². The van der Waals surface area contributed by atoms with Crippen LogP contribution in [0.4, 0.5) is 4.39 Å². The van der Waals surface area contributed by atoms with Crippen molar-refractivity contribution >= 4 is 11.6 Å². The second-order valence-electron chi connectivity index (χ2n) is 5.59. The van der Waals surface area contributed by atoms with Crippen molar-refractivity contribution in [3.05, 3.63) is 52.6 Å². The fourth-order valence-corrected chi connectivity index (χ4v) is 3.20. The van der Waals surface area contributed by atoms with Crippen molar-refractivity contribution in [1.29, 1.82) is 0 Å². The molecule has 1 unspecified atom stereocenters. The third kappa shape index (κ3) is 3.11. The molecule has 21 heavy (non-hydrogen) atoms. The number of nitrogens with zero attached hydrogens (tertiary/aromatic N) is 2. The Labute approximate surface area is 128 Å². The van der Waals surface area contributed by atoms with Gasteiger partial charge in [0.1, 0.15) is 5.82 Å². The minimum atomic E-state index is -0.847. The van der Waals surface area contributed by atoms with Crippen molar-refractivity contribution in [2.75, 3.05) is 0 Å². The molecule has 0 radical (unpaired) electrons. The molecule has 3 nitrogen and oxygen atoms in total. The number of benzene rings is 1. The highest BCUT2D eigenvalue weighted by Crippen LogP contribution is 2.30. The van der Waals surface area contributed by atoms with Crippen molar-refractivity contribution in [3.8, 4) is 0 Å². The van der Waals surface area contributed by atoms with E-state index in [9.17, 15) is 9.50 Å². The fraction of sp³-hybridized carbons (Fsp3) is 0.438. The average molecular weight is 309 g/mol. The Kier molecular flexibility index (Phi) is 4.27. The molecule has 1 aliphatic rings. The summed E-state index contributed by atoms with van der Waals surface area (Å²) in [5, 5.41) is 14.8. The highest BCUT2D eigenvalue weighted by Gasteiger charge is 2.19. The summed E-state index contributed by atoms with van der Waals surface area (Å²) in [6, 6.07) is 6.87. The number of aliphatic hydroxyl groups excluding tert-OH is 1. The van der Waals surface area contributed by atoms with Gasteiger partial charge in [-0.15, -0.1) is 0 Å². The zero-order chi connectivity index (χ0) is 14.8. The van der Waals surface area contributed by atoms with E-state index in [1.165, 1.54) is 31.7 Å². The van der Waals surface area contributed by atoms with Gasteiger partial charge in [-0.05, 0) is 25.0 Å². The van der Waals surface area contributed by atoms with Gasteiger partial charge in [0.2, 0.25) is 0 Å². The van der Waals surface area contributed by atoms with E-state index >= 15 is 0 Å². The second kappa shape index (κ2) is 6.16. The van der Waals surface area contributed by atoms with Crippen molar-refractivity contribution in [2.45, 2.75) is 44.2 Å². The summed E-state index contributed by atoms with van der Waals surface area (Å²) in [4.78, 5) is 0. The Balaban J connectivity index is 1.72. The number of rotatable bonds is 4. The molecule has 1 heterocycles. The van der Waals surface area contributed by atoms with Gasteiger partial charge in [0, 0.05) is 18.2 Å². The zero-order valence-corrected chi connectivity index (χ0v) is 12.4. The number of halogens is 2. The zero-order valence-electron chi connectivity index (χ0n) is 11.7. The summed E-state index contributed by atoms with van der Waals surface area (Å²) < 4.78 is 15.4. The molecule has 0 saturated heterocycles. The second-order valence-corrected chi connectivity index (χ2v) is 5.97. The summed E-state index contributed by atoms with van der Waals surface area (Å²) >= 11 is 5.90. The minimum absolute atomic E-state index is 0.0137. The summed E-state index contributed by atoms with van der Waals surface area (Å²) in [6.45, 7) is 0. The first-order chi connectivity index (χ1) is 10.1. The Morgan fingerprint density at radius 3 is 2.86 bits per heavy atom. The number of aliphatic hydroxyl groups is 1. The largest absolute Gasteiger partial charge is 0.388 e. The van der Waals surface area contributed by atoms with Crippen LogP contribution in [0.3, 0.4) is 0 Å². The van der Waals surface area contributed by atoms with E-state index in [4.69, 9.17) is 11.6 Å². The standard InChI is InChI=1S/C16H18ClFN2O/c17-16-13(6-3-7-14(16)18)15(21)10-11-8-9-20(19-11)12-4-1-2-5-12/h3,6-9,12,15,21H,1-2,4-5,10H2. The van der Waals surface area contributed by atoms with Gasteiger partial charge in [0.05, 0.1) is 22.9 Å². The van der Waals surface area contributed by atoms with Crippen LogP contribution in [0, 0.1) is 5.82 Å². The molecule has 5 heteroatoms. The third-order valence-corrected chi connectivity index (χ3v) is 4.50. The average Bonchev–Trinajstić information content (AvgIpc) is 3.12. The first-order valence-corrected chi connectivity index (χ1v) is 7.69. The maximum atomic E-state index is 13.4. The fourth-order valence-electron chi connectivity index (χ4n) is 2.94. The van der Waals surface area contributed by atoms with E-state index < -0.39 is 11.9 Å². The summed E-state index contributed by atoms with van der Waals surface area (Å²) in [5.74, 6) is -0.510. The predicted molar refractivity (Wildman–Crippen MR) is 79.8 cm³/mol. The van der Waals surface area contributed by atoms with Crippen LogP contribution in [0.1, 0.15) is 49.1 Å². The Hall–Kier alpha value is -1.39.